The Morgan fingerprint density at radius 1 is 1.43 bits per heavy atom. The van der Waals surface area contributed by atoms with Crippen molar-refractivity contribution in [3.63, 3.8) is 0 Å². The van der Waals surface area contributed by atoms with Crippen LogP contribution in [0.15, 0.2) is 15.1 Å². The van der Waals surface area contributed by atoms with E-state index in [1.165, 1.54) is 12.4 Å². The fourth-order valence-corrected chi connectivity index (χ4v) is 0.300. The molecule has 2 N–H and O–H groups in total. The Balaban J connectivity index is 2.79. The van der Waals surface area contributed by atoms with Gasteiger partial charge in [-0.15, -0.1) is 5.10 Å². The van der Waals surface area contributed by atoms with Crippen molar-refractivity contribution in [3.05, 3.63) is 0 Å². The first-order valence-electron chi connectivity index (χ1n) is 1.78. The Morgan fingerprint density at radius 2 is 2.00 bits per heavy atom. The molecular weight excluding hydrogens is 92.1 g/mol. The normalized spacial score (nSPS) is 15.7. The molecule has 4 heteroatoms. The van der Waals surface area contributed by atoms with E-state index < -0.39 is 0 Å². The zero-order chi connectivity index (χ0) is 5.11. The lowest BCUT2D eigenvalue weighted by Crippen LogP contribution is -1.89. The van der Waals surface area contributed by atoms with Gasteiger partial charge >= 0.3 is 0 Å². The van der Waals surface area contributed by atoms with Crippen molar-refractivity contribution in [2.45, 2.75) is 0 Å². The van der Waals surface area contributed by atoms with Gasteiger partial charge in [0.1, 0.15) is 0 Å². The van der Waals surface area contributed by atoms with Crippen molar-refractivity contribution < 1.29 is 0 Å². The monoisotopic (exact) mass is 96.0 g/mol. The van der Waals surface area contributed by atoms with E-state index in [2.05, 4.69) is 15.1 Å². The fraction of sp³-hybridized carbons (Fsp3) is 0. The van der Waals surface area contributed by atoms with Crippen molar-refractivity contribution >= 4 is 18.4 Å². The molecule has 0 saturated heterocycles. The summed E-state index contributed by atoms with van der Waals surface area (Å²) < 4.78 is 0. The maximum absolute atomic E-state index is 4.79. The highest BCUT2D eigenvalue weighted by Gasteiger charge is 1.90. The summed E-state index contributed by atoms with van der Waals surface area (Å²) in [5.41, 5.74) is 0. The van der Waals surface area contributed by atoms with Crippen LogP contribution in [0.25, 0.3) is 0 Å². The van der Waals surface area contributed by atoms with Crippen LogP contribution in [0.4, 0.5) is 0 Å². The largest absolute Gasteiger partial charge is 0.320 e. The summed E-state index contributed by atoms with van der Waals surface area (Å²) in [6.45, 7) is 0. The molecule has 1 rings (SSSR count). The first kappa shape index (κ1) is 3.98. The van der Waals surface area contributed by atoms with E-state index in [1.807, 2.05) is 0 Å². The molecule has 0 aromatic heterocycles. The molecule has 7 heavy (non-hydrogen) atoms. The van der Waals surface area contributed by atoms with Gasteiger partial charge in [-0.3, -0.25) is 0 Å². The van der Waals surface area contributed by atoms with Crippen LogP contribution in [0.2, 0.25) is 0 Å². The van der Waals surface area contributed by atoms with Crippen LogP contribution in [0.5, 0.6) is 0 Å². The lowest BCUT2D eigenvalue weighted by molar-refractivity contribution is 1.22. The number of hydrogen-bond acceptors (Lipinski definition) is 2. The highest BCUT2D eigenvalue weighted by Crippen LogP contribution is 1.82. The van der Waals surface area contributed by atoms with Crippen LogP contribution in [0.1, 0.15) is 0 Å². The summed E-state index contributed by atoms with van der Waals surface area (Å²) in [7, 11) is 0. The fourth-order valence-electron chi connectivity index (χ4n) is 0.300. The van der Waals surface area contributed by atoms with Gasteiger partial charge in [-0.05, 0) is 0 Å². The third-order valence-electron chi connectivity index (χ3n) is 0.562. The van der Waals surface area contributed by atoms with Gasteiger partial charge in [0.2, 0.25) is 0 Å². The maximum atomic E-state index is 4.79. The van der Waals surface area contributed by atoms with Crippen molar-refractivity contribution in [1.82, 2.24) is 0 Å². The molecule has 0 unspecified atom stereocenters. The minimum atomic E-state index is 0.333. The third-order valence-corrected chi connectivity index (χ3v) is 0.562. The third kappa shape index (κ3) is 0.623. The molecule has 0 aromatic rings. The molecule has 0 aliphatic carbocycles. The molecule has 0 atom stereocenters. The lowest BCUT2D eigenvalue weighted by Gasteiger charge is -1.75. The van der Waals surface area contributed by atoms with E-state index in [1.54, 1.807) is 0 Å². The Kier molecular flexibility index (Phi) is 0.856. The summed E-state index contributed by atoms with van der Waals surface area (Å²) in [6, 6.07) is 0. The Morgan fingerprint density at radius 3 is 2.29 bits per heavy atom. The maximum Gasteiger partial charge on any atom is 0.265 e. The van der Waals surface area contributed by atoms with E-state index in [0.717, 1.165) is 0 Å². The van der Waals surface area contributed by atoms with Crippen molar-refractivity contribution in [3.8, 4) is 0 Å². The van der Waals surface area contributed by atoms with Crippen LogP contribution < -0.4 is 5.84 Å². The molecular formula is C3H4N4. The van der Waals surface area contributed by atoms with E-state index in [0.29, 0.717) is 5.96 Å². The Hall–Kier alpha value is -1.19. The molecule has 0 amide bonds. The molecule has 1 heterocycles. The molecule has 4 nitrogen and oxygen atoms in total. The summed E-state index contributed by atoms with van der Waals surface area (Å²) in [5.74, 6) is 5.13. The minimum absolute atomic E-state index is 0.333. The van der Waals surface area contributed by atoms with Crippen LogP contribution in [-0.2, 0) is 0 Å². The topological polar surface area (TPSA) is 63.1 Å². The second-order valence-corrected chi connectivity index (χ2v) is 0.985. The molecule has 0 fully saturated rings. The smallest absolute Gasteiger partial charge is 0.265 e. The molecule has 0 radical (unpaired) electrons. The predicted octanol–water partition coefficient (Wildman–Crippen LogP) is -0.629. The van der Waals surface area contributed by atoms with Crippen LogP contribution >= 0.6 is 0 Å². The van der Waals surface area contributed by atoms with Gasteiger partial charge in [0.05, 0.1) is 0 Å². The van der Waals surface area contributed by atoms with Gasteiger partial charge < -0.3 is 5.84 Å². The molecule has 0 spiro atoms. The minimum Gasteiger partial charge on any atom is -0.320 e. The Labute approximate surface area is 40.5 Å². The number of hydrazone groups is 1. The standard InChI is InChI=1S/C3H4N4/c4-7-3-5-1-2-6-3/h1-2H,4H2. The number of nitrogens with two attached hydrogens (primary N) is 1. The summed E-state index contributed by atoms with van der Waals surface area (Å²) >= 11 is 0. The van der Waals surface area contributed by atoms with E-state index in [-0.39, 0.29) is 0 Å². The predicted molar refractivity (Wildman–Crippen MR) is 28.6 cm³/mol. The molecule has 1 aliphatic heterocycles. The first-order valence-corrected chi connectivity index (χ1v) is 1.78. The van der Waals surface area contributed by atoms with Crippen LogP contribution in [-0.4, -0.2) is 18.4 Å². The Bertz CT molecular complexity index is 129. The average Bonchev–Trinajstić information content (AvgIpc) is 2.14. The highest BCUT2D eigenvalue weighted by atomic mass is 15.2. The summed E-state index contributed by atoms with van der Waals surface area (Å²) in [4.78, 5) is 7.26. The zero-order valence-corrected chi connectivity index (χ0v) is 3.57. The van der Waals surface area contributed by atoms with Gasteiger partial charge in [0.15, 0.2) is 0 Å². The first-order chi connectivity index (χ1) is 3.43. The SMILES string of the molecule is NN=C1N=CC=N1. The number of guanidine groups is 1. The van der Waals surface area contributed by atoms with Crippen molar-refractivity contribution in [1.29, 1.82) is 0 Å². The number of nitrogens with zero attached hydrogens (tertiary/aromatic N) is 3. The van der Waals surface area contributed by atoms with Gasteiger partial charge in [-0.1, -0.05) is 0 Å². The van der Waals surface area contributed by atoms with Gasteiger partial charge in [0, 0.05) is 12.4 Å². The molecule has 0 aromatic carbocycles. The zero-order valence-electron chi connectivity index (χ0n) is 3.57. The average molecular weight is 96.1 g/mol. The van der Waals surface area contributed by atoms with Crippen molar-refractivity contribution in [2.75, 3.05) is 0 Å². The quantitative estimate of drug-likeness (QED) is 0.317. The van der Waals surface area contributed by atoms with Crippen LogP contribution in [0.3, 0.4) is 0 Å². The number of aliphatic imine (C=N–C) groups is 2. The molecule has 1 aliphatic rings. The highest BCUT2D eigenvalue weighted by molar-refractivity contribution is 6.26. The molecule has 0 bridgehead atoms. The van der Waals surface area contributed by atoms with Crippen LogP contribution in [0, 0.1) is 0 Å². The number of rotatable bonds is 0. The molecule has 36 valence electrons. The summed E-state index contributed by atoms with van der Waals surface area (Å²) in [6.07, 6.45) is 3.07. The lowest BCUT2D eigenvalue weighted by atomic mass is 10.9. The second-order valence-electron chi connectivity index (χ2n) is 0.985. The summed E-state index contributed by atoms with van der Waals surface area (Å²) in [5, 5.41) is 3.21. The van der Waals surface area contributed by atoms with Gasteiger partial charge in [0.25, 0.3) is 5.96 Å². The van der Waals surface area contributed by atoms with Crippen molar-refractivity contribution in [2.24, 2.45) is 20.9 Å². The number of hydrogen-bond donors (Lipinski definition) is 1. The van der Waals surface area contributed by atoms with Gasteiger partial charge in [-0.25, -0.2) is 9.98 Å². The van der Waals surface area contributed by atoms with E-state index in [4.69, 9.17) is 5.84 Å². The van der Waals surface area contributed by atoms with E-state index in [9.17, 15) is 0 Å². The van der Waals surface area contributed by atoms with E-state index >= 15 is 0 Å². The molecule has 0 saturated carbocycles. The second kappa shape index (κ2) is 1.51. The van der Waals surface area contributed by atoms with Gasteiger partial charge in [-0.2, -0.15) is 0 Å².